The van der Waals surface area contributed by atoms with Crippen molar-refractivity contribution in [1.82, 2.24) is 9.88 Å². The minimum absolute atomic E-state index is 0.265. The van der Waals surface area contributed by atoms with Crippen LogP contribution in [0.4, 0.5) is 5.82 Å². The number of phenols is 1. The van der Waals surface area contributed by atoms with Crippen LogP contribution in [-0.4, -0.2) is 40.7 Å². The fraction of sp³-hybridized carbons (Fsp3) is 0.400. The molecule has 0 saturated carbocycles. The van der Waals surface area contributed by atoms with Crippen LogP contribution in [0.25, 0.3) is 21.7 Å². The molecular weight excluding hydrogens is 390 g/mol. The highest BCUT2D eigenvalue weighted by Gasteiger charge is 2.17. The maximum atomic E-state index is 10.4. The molecule has 3 aromatic rings. The third kappa shape index (κ3) is 5.02. The number of aromatic nitrogens is 1. The van der Waals surface area contributed by atoms with Gasteiger partial charge in [0.05, 0.1) is 5.69 Å². The number of nitrogens with zero attached hydrogens (tertiary/aromatic N) is 2. The lowest BCUT2D eigenvalue weighted by atomic mass is 10.0. The molecule has 5 heteroatoms. The summed E-state index contributed by atoms with van der Waals surface area (Å²) in [6.45, 7) is 7.63. The van der Waals surface area contributed by atoms with Crippen molar-refractivity contribution in [2.75, 3.05) is 25.0 Å². The van der Waals surface area contributed by atoms with Crippen molar-refractivity contribution in [2.24, 2.45) is 0 Å². The molecule has 0 aliphatic carbocycles. The van der Waals surface area contributed by atoms with E-state index in [1.807, 2.05) is 19.1 Å². The highest BCUT2D eigenvalue weighted by Crippen LogP contribution is 2.34. The van der Waals surface area contributed by atoms with Gasteiger partial charge in [0.2, 0.25) is 0 Å². The normalized spacial score (nSPS) is 17.2. The predicted octanol–water partition coefficient (Wildman–Crippen LogP) is 6.17. The number of thiophene rings is 1. The molecule has 0 radical (unpaired) electrons. The fourth-order valence-electron chi connectivity index (χ4n) is 4.19. The second-order valence-corrected chi connectivity index (χ2v) is 9.23. The zero-order valence-corrected chi connectivity index (χ0v) is 18.7. The molecule has 1 aliphatic rings. The number of hydrogen-bond acceptors (Lipinski definition) is 5. The van der Waals surface area contributed by atoms with E-state index >= 15 is 0 Å². The standard InChI is InChI=1S/C25H31N3OS/c1-18-9-10-23(29)21(15-18)22-16-20(24-8-5-14-30-24)17-25(27-22)26-11-6-13-28-12-4-3-7-19(28)2/h5,8-10,14-17,19,29H,3-4,6-7,11-13H2,1-2H3,(H,26,27). The summed E-state index contributed by atoms with van der Waals surface area (Å²) < 4.78 is 0. The van der Waals surface area contributed by atoms with Crippen molar-refractivity contribution >= 4 is 17.2 Å². The maximum Gasteiger partial charge on any atom is 0.127 e. The number of pyridine rings is 1. The molecule has 1 aromatic carbocycles. The Morgan fingerprint density at radius 1 is 1.20 bits per heavy atom. The number of nitrogens with one attached hydrogen (secondary N) is 1. The van der Waals surface area contributed by atoms with Gasteiger partial charge in [-0.2, -0.15) is 0 Å². The molecule has 2 N–H and O–H groups in total. The lowest BCUT2D eigenvalue weighted by molar-refractivity contribution is 0.160. The van der Waals surface area contributed by atoms with Gasteiger partial charge in [0, 0.05) is 29.6 Å². The van der Waals surface area contributed by atoms with Gasteiger partial charge < -0.3 is 15.3 Å². The van der Waals surface area contributed by atoms with Gasteiger partial charge >= 0.3 is 0 Å². The number of aromatic hydroxyl groups is 1. The summed E-state index contributed by atoms with van der Waals surface area (Å²) in [5.41, 5.74) is 3.81. The Balaban J connectivity index is 1.52. The van der Waals surface area contributed by atoms with Crippen LogP contribution in [0.2, 0.25) is 0 Å². The summed E-state index contributed by atoms with van der Waals surface area (Å²) >= 11 is 1.72. The van der Waals surface area contributed by atoms with E-state index in [0.717, 1.165) is 47.7 Å². The lowest BCUT2D eigenvalue weighted by Gasteiger charge is -2.33. The second-order valence-electron chi connectivity index (χ2n) is 8.29. The first kappa shape index (κ1) is 20.9. The molecule has 30 heavy (non-hydrogen) atoms. The number of benzene rings is 1. The SMILES string of the molecule is Cc1ccc(O)c(-c2cc(-c3cccs3)cc(NCCCN3CCCCC3C)n2)c1. The zero-order valence-electron chi connectivity index (χ0n) is 17.9. The first-order valence-electron chi connectivity index (χ1n) is 10.9. The van der Waals surface area contributed by atoms with E-state index in [4.69, 9.17) is 4.98 Å². The number of aryl methyl sites for hydroxylation is 1. The minimum atomic E-state index is 0.265. The molecule has 4 rings (SSSR count). The van der Waals surface area contributed by atoms with E-state index in [9.17, 15) is 5.11 Å². The number of piperidine rings is 1. The average molecular weight is 422 g/mol. The molecule has 1 fully saturated rings. The molecule has 1 atom stereocenters. The van der Waals surface area contributed by atoms with Gasteiger partial charge in [-0.3, -0.25) is 0 Å². The Kier molecular flexibility index (Phi) is 6.70. The number of phenolic OH excluding ortho intramolecular Hbond substituents is 1. The van der Waals surface area contributed by atoms with Crippen LogP contribution in [0.5, 0.6) is 5.75 Å². The van der Waals surface area contributed by atoms with Crippen LogP contribution in [0.1, 0.15) is 38.2 Å². The minimum Gasteiger partial charge on any atom is -0.507 e. The highest BCUT2D eigenvalue weighted by atomic mass is 32.1. The van der Waals surface area contributed by atoms with Crippen LogP contribution in [0.15, 0.2) is 47.8 Å². The number of anilines is 1. The van der Waals surface area contributed by atoms with Crippen molar-refractivity contribution in [1.29, 1.82) is 0 Å². The van der Waals surface area contributed by atoms with Crippen LogP contribution in [-0.2, 0) is 0 Å². The van der Waals surface area contributed by atoms with Crippen molar-refractivity contribution in [3.8, 4) is 27.4 Å². The monoisotopic (exact) mass is 421 g/mol. The Labute approximate surface area is 183 Å². The Morgan fingerprint density at radius 2 is 2.10 bits per heavy atom. The van der Waals surface area contributed by atoms with Gasteiger partial charge in [-0.05, 0) is 80.9 Å². The van der Waals surface area contributed by atoms with E-state index in [2.05, 4.69) is 46.8 Å². The van der Waals surface area contributed by atoms with Crippen LogP contribution >= 0.6 is 11.3 Å². The van der Waals surface area contributed by atoms with Gasteiger partial charge in [0.1, 0.15) is 11.6 Å². The zero-order chi connectivity index (χ0) is 20.9. The van der Waals surface area contributed by atoms with Gasteiger partial charge in [0.15, 0.2) is 0 Å². The summed E-state index contributed by atoms with van der Waals surface area (Å²) in [6, 6.07) is 14.7. The number of rotatable bonds is 7. The first-order chi connectivity index (χ1) is 14.6. The van der Waals surface area contributed by atoms with Crippen molar-refractivity contribution in [3.63, 3.8) is 0 Å². The van der Waals surface area contributed by atoms with E-state index in [-0.39, 0.29) is 5.75 Å². The Morgan fingerprint density at radius 3 is 2.90 bits per heavy atom. The van der Waals surface area contributed by atoms with E-state index in [1.54, 1.807) is 17.4 Å². The molecular formula is C25H31N3OS. The highest BCUT2D eigenvalue weighted by molar-refractivity contribution is 7.13. The quantitative estimate of drug-likeness (QED) is 0.448. The van der Waals surface area contributed by atoms with Crippen molar-refractivity contribution < 1.29 is 5.11 Å². The van der Waals surface area contributed by atoms with E-state index < -0.39 is 0 Å². The first-order valence-corrected chi connectivity index (χ1v) is 11.8. The van der Waals surface area contributed by atoms with E-state index in [0.29, 0.717) is 6.04 Å². The summed E-state index contributed by atoms with van der Waals surface area (Å²) in [7, 11) is 0. The number of hydrogen-bond donors (Lipinski definition) is 2. The largest absolute Gasteiger partial charge is 0.507 e. The molecule has 1 saturated heterocycles. The summed E-state index contributed by atoms with van der Waals surface area (Å²) in [4.78, 5) is 8.65. The van der Waals surface area contributed by atoms with Crippen LogP contribution in [0, 0.1) is 6.92 Å². The molecule has 0 bridgehead atoms. The third-order valence-corrected chi connectivity index (χ3v) is 6.85. The Bertz CT molecular complexity index is 971. The molecule has 158 valence electrons. The Hall–Kier alpha value is -2.37. The predicted molar refractivity (Wildman–Crippen MR) is 127 cm³/mol. The van der Waals surface area contributed by atoms with Crippen molar-refractivity contribution in [2.45, 2.75) is 45.6 Å². The van der Waals surface area contributed by atoms with Crippen LogP contribution < -0.4 is 5.32 Å². The lowest BCUT2D eigenvalue weighted by Crippen LogP contribution is -2.38. The third-order valence-electron chi connectivity index (χ3n) is 5.93. The fourth-order valence-corrected chi connectivity index (χ4v) is 4.90. The molecule has 0 spiro atoms. The van der Waals surface area contributed by atoms with Gasteiger partial charge in [-0.25, -0.2) is 4.98 Å². The summed E-state index contributed by atoms with van der Waals surface area (Å²) in [6.07, 6.45) is 5.11. The average Bonchev–Trinajstić information content (AvgIpc) is 3.29. The smallest absolute Gasteiger partial charge is 0.127 e. The molecule has 2 aromatic heterocycles. The maximum absolute atomic E-state index is 10.4. The topological polar surface area (TPSA) is 48.4 Å². The van der Waals surface area contributed by atoms with E-state index in [1.165, 1.54) is 30.7 Å². The second kappa shape index (κ2) is 9.63. The van der Waals surface area contributed by atoms with Crippen molar-refractivity contribution in [3.05, 3.63) is 53.4 Å². The van der Waals surface area contributed by atoms with Gasteiger partial charge in [0.25, 0.3) is 0 Å². The van der Waals surface area contributed by atoms with Gasteiger partial charge in [-0.1, -0.05) is 24.1 Å². The number of likely N-dealkylation sites (tertiary alicyclic amines) is 1. The molecule has 0 amide bonds. The molecule has 4 nitrogen and oxygen atoms in total. The van der Waals surface area contributed by atoms with Gasteiger partial charge in [-0.15, -0.1) is 11.3 Å². The summed E-state index contributed by atoms with van der Waals surface area (Å²) in [5.74, 6) is 1.13. The summed E-state index contributed by atoms with van der Waals surface area (Å²) in [5, 5.41) is 16.0. The molecule has 3 heterocycles. The van der Waals surface area contributed by atoms with Crippen LogP contribution in [0.3, 0.4) is 0 Å². The molecule has 1 unspecified atom stereocenters. The molecule has 1 aliphatic heterocycles.